The first kappa shape index (κ1) is 25.8. The van der Waals surface area contributed by atoms with Gasteiger partial charge in [0, 0.05) is 34.5 Å². The Morgan fingerprint density at radius 1 is 0.757 bits per heavy atom. The van der Waals surface area contributed by atoms with Crippen molar-refractivity contribution < 1.29 is 23.5 Å². The predicted octanol–water partition coefficient (Wildman–Crippen LogP) is 6.57. The maximum absolute atomic E-state index is 14.0. The molecule has 0 aliphatic rings. The lowest BCUT2D eigenvalue weighted by atomic mass is 10.1. The molecule has 6 nitrogen and oxygen atoms in total. The number of carbonyl (C=O) groups is 2. The lowest BCUT2D eigenvalue weighted by Gasteiger charge is -2.18. The van der Waals surface area contributed by atoms with Crippen LogP contribution in [0.2, 0.25) is 0 Å². The van der Waals surface area contributed by atoms with Crippen molar-refractivity contribution in [3.63, 3.8) is 0 Å². The van der Waals surface area contributed by atoms with Gasteiger partial charge >= 0.3 is 0 Å². The molecule has 2 amide bonds. The Bertz CT molecular complexity index is 1380. The second-order valence-electron chi connectivity index (χ2n) is 7.96. The zero-order valence-corrected chi connectivity index (χ0v) is 21.1. The van der Waals surface area contributed by atoms with Gasteiger partial charge in [-0.25, -0.2) is 4.39 Å². The van der Waals surface area contributed by atoms with Gasteiger partial charge in [0.15, 0.2) is 0 Å². The van der Waals surface area contributed by atoms with Gasteiger partial charge in [0.1, 0.15) is 22.6 Å². The number of methoxy groups -OCH3 is 2. The van der Waals surface area contributed by atoms with E-state index in [0.717, 1.165) is 10.5 Å². The highest BCUT2D eigenvalue weighted by Crippen LogP contribution is 2.38. The first-order valence-corrected chi connectivity index (χ1v) is 12.3. The molecule has 4 aromatic rings. The van der Waals surface area contributed by atoms with Gasteiger partial charge < -0.3 is 20.1 Å². The first-order valence-electron chi connectivity index (χ1n) is 11.4. The number of amides is 2. The number of hydrogen-bond acceptors (Lipinski definition) is 5. The third-order valence-corrected chi connectivity index (χ3v) is 6.67. The molecule has 0 aliphatic heterocycles. The summed E-state index contributed by atoms with van der Waals surface area (Å²) in [7, 11) is 3.09. The molecular weight excluding hydrogens is 491 g/mol. The van der Waals surface area contributed by atoms with E-state index in [0.29, 0.717) is 22.9 Å². The molecule has 188 valence electrons. The van der Waals surface area contributed by atoms with Crippen LogP contribution in [0.4, 0.5) is 15.8 Å². The zero-order valence-electron chi connectivity index (χ0n) is 20.2. The Morgan fingerprint density at radius 2 is 1.43 bits per heavy atom. The van der Waals surface area contributed by atoms with E-state index in [2.05, 4.69) is 10.6 Å². The molecule has 4 rings (SSSR count). The van der Waals surface area contributed by atoms with Gasteiger partial charge in [-0.15, -0.1) is 11.8 Å². The van der Waals surface area contributed by atoms with Crippen LogP contribution < -0.4 is 20.1 Å². The summed E-state index contributed by atoms with van der Waals surface area (Å²) in [4.78, 5) is 26.8. The molecule has 8 heteroatoms. The number of halogens is 1. The van der Waals surface area contributed by atoms with E-state index < -0.39 is 17.0 Å². The standard InChI is InChI=1S/C29H25FN2O4S/c1-35-22-15-21(16-23(18-22)36-2)32-29(34)27(19-9-4-3-5-10-19)37-24-12-8-11-20(17-24)31-28(33)25-13-6-7-14-26(25)30/h3-18,27H,1-2H3,(H,31,33)(H,32,34). The normalized spacial score (nSPS) is 11.3. The minimum atomic E-state index is -0.601. The minimum Gasteiger partial charge on any atom is -0.497 e. The third kappa shape index (κ3) is 6.68. The van der Waals surface area contributed by atoms with Gasteiger partial charge in [0.05, 0.1) is 19.8 Å². The van der Waals surface area contributed by atoms with Crippen LogP contribution in [-0.4, -0.2) is 26.0 Å². The number of ether oxygens (including phenoxy) is 2. The predicted molar refractivity (Wildman–Crippen MR) is 144 cm³/mol. The second kappa shape index (κ2) is 12.1. The van der Waals surface area contributed by atoms with Crippen molar-refractivity contribution >= 4 is 35.0 Å². The lowest BCUT2D eigenvalue weighted by molar-refractivity contribution is -0.115. The molecule has 2 N–H and O–H groups in total. The molecule has 0 aliphatic carbocycles. The van der Waals surface area contributed by atoms with Crippen molar-refractivity contribution in [3.8, 4) is 11.5 Å². The Balaban J connectivity index is 1.57. The fourth-order valence-electron chi connectivity index (χ4n) is 3.62. The van der Waals surface area contributed by atoms with Crippen LogP contribution in [0.5, 0.6) is 11.5 Å². The smallest absolute Gasteiger partial charge is 0.258 e. The van der Waals surface area contributed by atoms with Crippen molar-refractivity contribution in [2.24, 2.45) is 0 Å². The number of thioether (sulfide) groups is 1. The van der Waals surface area contributed by atoms with Crippen LogP contribution >= 0.6 is 11.8 Å². The van der Waals surface area contributed by atoms with Crippen LogP contribution in [0, 0.1) is 5.82 Å². The van der Waals surface area contributed by atoms with Crippen LogP contribution in [-0.2, 0) is 4.79 Å². The molecule has 0 radical (unpaired) electrons. The number of anilines is 2. The molecule has 1 atom stereocenters. The van der Waals surface area contributed by atoms with Gasteiger partial charge in [0.25, 0.3) is 5.91 Å². The molecule has 0 saturated carbocycles. The van der Waals surface area contributed by atoms with Crippen LogP contribution in [0.1, 0.15) is 21.2 Å². The molecule has 37 heavy (non-hydrogen) atoms. The molecule has 4 aromatic carbocycles. The molecule has 0 bridgehead atoms. The van der Waals surface area contributed by atoms with Gasteiger partial charge in [-0.3, -0.25) is 9.59 Å². The van der Waals surface area contributed by atoms with Crippen molar-refractivity contribution in [3.05, 3.63) is 114 Å². The van der Waals surface area contributed by atoms with E-state index in [-0.39, 0.29) is 11.5 Å². The quantitative estimate of drug-likeness (QED) is 0.246. The van der Waals surface area contributed by atoms with Crippen molar-refractivity contribution in [2.75, 3.05) is 24.9 Å². The highest BCUT2D eigenvalue weighted by Gasteiger charge is 2.23. The SMILES string of the molecule is COc1cc(NC(=O)C(Sc2cccc(NC(=O)c3ccccc3F)c2)c2ccccc2)cc(OC)c1. The fourth-order valence-corrected chi connectivity index (χ4v) is 4.70. The maximum atomic E-state index is 14.0. The lowest BCUT2D eigenvalue weighted by Crippen LogP contribution is -2.19. The van der Waals surface area contributed by atoms with Crippen molar-refractivity contribution in [1.82, 2.24) is 0 Å². The summed E-state index contributed by atoms with van der Waals surface area (Å²) in [6.07, 6.45) is 0. The molecule has 0 fully saturated rings. The van der Waals surface area contributed by atoms with Crippen LogP contribution in [0.15, 0.2) is 102 Å². The zero-order chi connectivity index (χ0) is 26.2. The van der Waals surface area contributed by atoms with E-state index in [9.17, 15) is 14.0 Å². The van der Waals surface area contributed by atoms with Crippen LogP contribution in [0.25, 0.3) is 0 Å². The Morgan fingerprint density at radius 3 is 2.11 bits per heavy atom. The van der Waals surface area contributed by atoms with Gasteiger partial charge in [-0.05, 0) is 35.9 Å². The second-order valence-corrected chi connectivity index (χ2v) is 9.14. The van der Waals surface area contributed by atoms with Crippen LogP contribution in [0.3, 0.4) is 0 Å². The van der Waals surface area contributed by atoms with E-state index >= 15 is 0 Å². The summed E-state index contributed by atoms with van der Waals surface area (Å²) >= 11 is 1.33. The highest BCUT2D eigenvalue weighted by molar-refractivity contribution is 8.00. The Hall–Kier alpha value is -4.30. The summed E-state index contributed by atoms with van der Waals surface area (Å²) in [6.45, 7) is 0. The summed E-state index contributed by atoms with van der Waals surface area (Å²) in [5.41, 5.74) is 1.79. The van der Waals surface area contributed by atoms with E-state index in [4.69, 9.17) is 9.47 Å². The molecule has 0 aromatic heterocycles. The molecule has 1 unspecified atom stereocenters. The van der Waals surface area contributed by atoms with Gasteiger partial charge in [-0.2, -0.15) is 0 Å². The monoisotopic (exact) mass is 516 g/mol. The molecule has 0 saturated heterocycles. The Kier molecular flexibility index (Phi) is 8.43. The summed E-state index contributed by atoms with van der Waals surface area (Å²) in [5, 5.41) is 5.08. The number of nitrogens with one attached hydrogen (secondary N) is 2. The maximum Gasteiger partial charge on any atom is 0.258 e. The first-order chi connectivity index (χ1) is 18.0. The number of hydrogen-bond donors (Lipinski definition) is 2. The highest BCUT2D eigenvalue weighted by atomic mass is 32.2. The summed E-state index contributed by atoms with van der Waals surface area (Å²) < 4.78 is 24.6. The number of rotatable bonds is 9. The number of carbonyl (C=O) groups excluding carboxylic acids is 2. The number of benzene rings is 4. The third-order valence-electron chi connectivity index (χ3n) is 5.42. The van der Waals surface area contributed by atoms with Crippen molar-refractivity contribution in [1.29, 1.82) is 0 Å². The van der Waals surface area contributed by atoms with Crippen molar-refractivity contribution in [2.45, 2.75) is 10.1 Å². The average molecular weight is 517 g/mol. The summed E-state index contributed by atoms with van der Waals surface area (Å²) in [5.74, 6) is -0.286. The Labute approximate surface area is 218 Å². The van der Waals surface area contributed by atoms with Gasteiger partial charge in [-0.1, -0.05) is 48.5 Å². The largest absolute Gasteiger partial charge is 0.497 e. The minimum absolute atomic E-state index is 0.0455. The molecular formula is C29H25FN2O4S. The average Bonchev–Trinajstić information content (AvgIpc) is 2.92. The molecule has 0 heterocycles. The van der Waals surface area contributed by atoms with E-state index in [1.54, 1.807) is 56.7 Å². The fraction of sp³-hybridized carbons (Fsp3) is 0.103. The molecule has 0 spiro atoms. The van der Waals surface area contributed by atoms with E-state index in [1.165, 1.54) is 30.0 Å². The summed E-state index contributed by atoms with van der Waals surface area (Å²) in [6, 6.07) is 27.4. The topological polar surface area (TPSA) is 76.7 Å². The van der Waals surface area contributed by atoms with Gasteiger partial charge in [0.2, 0.25) is 5.91 Å². The van der Waals surface area contributed by atoms with E-state index in [1.807, 2.05) is 36.4 Å².